The monoisotopic (exact) mass is 399 g/mol. The van der Waals surface area contributed by atoms with Crippen LogP contribution in [0, 0.1) is 11.8 Å². The summed E-state index contributed by atoms with van der Waals surface area (Å²) >= 11 is 0. The molecule has 3 unspecified atom stereocenters. The number of anilines is 1. The minimum atomic E-state index is 0.0831. The number of amides is 1. The SMILES string of the molecule is CN=C(NCCCCN1CC(C)CC(C)C1)NCC1CC(=O)Nc2ccccc21. The molecule has 0 spiro atoms. The fourth-order valence-corrected chi connectivity index (χ4v) is 4.77. The largest absolute Gasteiger partial charge is 0.356 e. The van der Waals surface area contributed by atoms with Gasteiger partial charge in [0.15, 0.2) is 5.96 Å². The summed E-state index contributed by atoms with van der Waals surface area (Å²) < 4.78 is 0. The van der Waals surface area contributed by atoms with E-state index in [0.717, 1.165) is 36.4 Å². The van der Waals surface area contributed by atoms with Gasteiger partial charge in [-0.25, -0.2) is 0 Å². The van der Waals surface area contributed by atoms with Gasteiger partial charge in [-0.1, -0.05) is 32.0 Å². The number of para-hydroxylation sites is 1. The molecule has 6 nitrogen and oxygen atoms in total. The maximum Gasteiger partial charge on any atom is 0.225 e. The maximum atomic E-state index is 12.0. The van der Waals surface area contributed by atoms with Crippen molar-refractivity contribution in [3.63, 3.8) is 0 Å². The summed E-state index contributed by atoms with van der Waals surface area (Å²) in [6.07, 6.45) is 4.22. The maximum absolute atomic E-state index is 12.0. The average molecular weight is 400 g/mol. The number of benzene rings is 1. The van der Waals surface area contributed by atoms with Gasteiger partial charge in [-0.2, -0.15) is 0 Å². The van der Waals surface area contributed by atoms with Gasteiger partial charge in [0.1, 0.15) is 0 Å². The molecule has 3 N–H and O–H groups in total. The van der Waals surface area contributed by atoms with E-state index in [1.165, 1.54) is 38.0 Å². The minimum Gasteiger partial charge on any atom is -0.356 e. The number of nitrogens with one attached hydrogen (secondary N) is 3. The van der Waals surface area contributed by atoms with E-state index in [-0.39, 0.29) is 11.8 Å². The van der Waals surface area contributed by atoms with Crippen molar-refractivity contribution >= 4 is 17.6 Å². The van der Waals surface area contributed by atoms with E-state index in [0.29, 0.717) is 13.0 Å². The molecule has 3 rings (SSSR count). The molecule has 3 atom stereocenters. The molecule has 0 bridgehead atoms. The van der Waals surface area contributed by atoms with Crippen LogP contribution in [0.2, 0.25) is 0 Å². The van der Waals surface area contributed by atoms with Crippen LogP contribution >= 0.6 is 0 Å². The zero-order valence-corrected chi connectivity index (χ0v) is 18.2. The molecule has 0 radical (unpaired) electrons. The van der Waals surface area contributed by atoms with E-state index in [1.54, 1.807) is 7.05 Å². The first-order chi connectivity index (χ1) is 14.0. The fourth-order valence-electron chi connectivity index (χ4n) is 4.77. The number of piperidine rings is 1. The first kappa shape index (κ1) is 21.6. The highest BCUT2D eigenvalue weighted by Gasteiger charge is 2.25. The first-order valence-electron chi connectivity index (χ1n) is 11.1. The Hall–Kier alpha value is -2.08. The Morgan fingerprint density at radius 3 is 2.69 bits per heavy atom. The Morgan fingerprint density at radius 2 is 1.93 bits per heavy atom. The quantitative estimate of drug-likeness (QED) is 0.374. The molecule has 2 aliphatic rings. The highest BCUT2D eigenvalue weighted by atomic mass is 16.1. The van der Waals surface area contributed by atoms with Crippen molar-refractivity contribution in [3.8, 4) is 0 Å². The lowest BCUT2D eigenvalue weighted by molar-refractivity contribution is -0.116. The zero-order valence-electron chi connectivity index (χ0n) is 18.2. The van der Waals surface area contributed by atoms with Crippen molar-refractivity contribution in [2.75, 3.05) is 45.1 Å². The third-order valence-electron chi connectivity index (χ3n) is 5.98. The highest BCUT2D eigenvalue weighted by molar-refractivity contribution is 5.94. The van der Waals surface area contributed by atoms with Crippen LogP contribution in [0.3, 0.4) is 0 Å². The van der Waals surface area contributed by atoms with Crippen LogP contribution in [0.15, 0.2) is 29.3 Å². The van der Waals surface area contributed by atoms with Gasteiger partial charge in [0, 0.05) is 51.3 Å². The molecule has 6 heteroatoms. The summed E-state index contributed by atoms with van der Waals surface area (Å²) in [5, 5.41) is 9.78. The van der Waals surface area contributed by atoms with Crippen LogP contribution in [0.1, 0.15) is 51.0 Å². The summed E-state index contributed by atoms with van der Waals surface area (Å²) in [7, 11) is 1.80. The minimum absolute atomic E-state index is 0.0831. The molecule has 160 valence electrons. The van der Waals surface area contributed by atoms with Crippen molar-refractivity contribution < 1.29 is 4.79 Å². The van der Waals surface area contributed by atoms with E-state index < -0.39 is 0 Å². The third kappa shape index (κ3) is 6.46. The second-order valence-corrected chi connectivity index (χ2v) is 8.83. The summed E-state index contributed by atoms with van der Waals surface area (Å²) in [4.78, 5) is 18.9. The first-order valence-corrected chi connectivity index (χ1v) is 11.1. The van der Waals surface area contributed by atoms with E-state index >= 15 is 0 Å². The number of hydrogen-bond donors (Lipinski definition) is 3. The molecule has 2 aliphatic heterocycles. The molecule has 1 saturated heterocycles. The molecular weight excluding hydrogens is 362 g/mol. The van der Waals surface area contributed by atoms with Crippen molar-refractivity contribution in [2.24, 2.45) is 16.8 Å². The Balaban J connectivity index is 1.36. The normalized spacial score (nSPS) is 25.3. The number of likely N-dealkylation sites (tertiary alicyclic amines) is 1. The summed E-state index contributed by atoms with van der Waals surface area (Å²) in [6, 6.07) is 8.05. The molecule has 0 aromatic heterocycles. The molecule has 0 aliphatic carbocycles. The fraction of sp³-hybridized carbons (Fsp3) is 0.652. The smallest absolute Gasteiger partial charge is 0.225 e. The molecule has 1 aromatic carbocycles. The molecule has 0 saturated carbocycles. The van der Waals surface area contributed by atoms with Crippen molar-refractivity contribution in [1.82, 2.24) is 15.5 Å². The van der Waals surface area contributed by atoms with Gasteiger partial charge in [0.2, 0.25) is 5.91 Å². The van der Waals surface area contributed by atoms with Gasteiger partial charge in [-0.05, 0) is 49.3 Å². The molecule has 1 fully saturated rings. The Labute approximate surface area is 175 Å². The highest BCUT2D eigenvalue weighted by Crippen LogP contribution is 2.31. The second-order valence-electron chi connectivity index (χ2n) is 8.83. The zero-order chi connectivity index (χ0) is 20.6. The van der Waals surface area contributed by atoms with E-state index in [2.05, 4.69) is 45.8 Å². The average Bonchev–Trinajstić information content (AvgIpc) is 2.69. The van der Waals surface area contributed by atoms with Crippen LogP contribution in [0.5, 0.6) is 0 Å². The Kier molecular flexibility index (Phi) is 7.92. The van der Waals surface area contributed by atoms with Crippen LogP contribution in [0.4, 0.5) is 5.69 Å². The predicted molar refractivity (Wildman–Crippen MR) is 120 cm³/mol. The van der Waals surface area contributed by atoms with Gasteiger partial charge in [0.05, 0.1) is 0 Å². The van der Waals surface area contributed by atoms with E-state index in [9.17, 15) is 4.79 Å². The number of carbonyl (C=O) groups is 1. The molecule has 1 amide bonds. The molecule has 1 aromatic rings. The number of fused-ring (bicyclic) bond motifs is 1. The van der Waals surface area contributed by atoms with Crippen molar-refractivity contribution in [3.05, 3.63) is 29.8 Å². The van der Waals surface area contributed by atoms with E-state index in [1.807, 2.05) is 18.2 Å². The lowest BCUT2D eigenvalue weighted by atomic mass is 9.90. The van der Waals surface area contributed by atoms with Gasteiger partial charge in [-0.15, -0.1) is 0 Å². The van der Waals surface area contributed by atoms with Crippen LogP contribution in [0.25, 0.3) is 0 Å². The number of unbranched alkanes of at least 4 members (excludes halogenated alkanes) is 1. The lowest BCUT2D eigenvalue weighted by Gasteiger charge is -2.34. The van der Waals surface area contributed by atoms with E-state index in [4.69, 9.17) is 0 Å². The Morgan fingerprint density at radius 1 is 1.17 bits per heavy atom. The van der Waals surface area contributed by atoms with Gasteiger partial charge >= 0.3 is 0 Å². The Bertz CT molecular complexity index is 694. The topological polar surface area (TPSA) is 68.8 Å². The number of carbonyl (C=O) groups excluding carboxylic acids is 1. The second kappa shape index (κ2) is 10.6. The number of hydrogen-bond acceptors (Lipinski definition) is 3. The predicted octanol–water partition coefficient (Wildman–Crippen LogP) is 3.04. The van der Waals surface area contributed by atoms with Crippen LogP contribution in [-0.2, 0) is 4.79 Å². The lowest BCUT2D eigenvalue weighted by Crippen LogP contribution is -2.41. The van der Waals surface area contributed by atoms with Crippen LogP contribution in [-0.4, -0.2) is 56.5 Å². The number of aliphatic imine (C=N–C) groups is 1. The van der Waals surface area contributed by atoms with Gasteiger partial charge < -0.3 is 20.9 Å². The molecular formula is C23H37N5O. The molecule has 2 heterocycles. The summed E-state index contributed by atoms with van der Waals surface area (Å²) in [5.41, 5.74) is 2.12. The number of rotatable bonds is 7. The third-order valence-corrected chi connectivity index (χ3v) is 5.98. The summed E-state index contributed by atoms with van der Waals surface area (Å²) in [6.45, 7) is 10.0. The van der Waals surface area contributed by atoms with Gasteiger partial charge in [-0.3, -0.25) is 9.79 Å². The van der Waals surface area contributed by atoms with Crippen molar-refractivity contribution in [2.45, 2.75) is 45.4 Å². The number of nitrogens with zero attached hydrogens (tertiary/aromatic N) is 2. The molecule has 29 heavy (non-hydrogen) atoms. The standard InChI is InChI=1S/C23H37N5O/c1-17-12-18(2)16-28(15-17)11-7-6-10-25-23(24-3)26-14-19-13-22(29)27-21-9-5-4-8-20(19)21/h4-5,8-9,17-19H,6-7,10-16H2,1-3H3,(H,27,29)(H2,24,25,26). The van der Waals surface area contributed by atoms with Crippen LogP contribution < -0.4 is 16.0 Å². The van der Waals surface area contributed by atoms with Gasteiger partial charge in [0.25, 0.3) is 0 Å². The summed E-state index contributed by atoms with van der Waals surface area (Å²) in [5.74, 6) is 2.72. The van der Waals surface area contributed by atoms with Crippen molar-refractivity contribution in [1.29, 1.82) is 0 Å². The number of guanidine groups is 1.